The first-order valence-electron chi connectivity index (χ1n) is 4.16. The Hall–Kier alpha value is -0.320. The predicted octanol–water partition coefficient (Wildman–Crippen LogP) is 1.87. The van der Waals surface area contributed by atoms with Crippen LogP contribution in [0.15, 0.2) is 5.38 Å². The van der Waals surface area contributed by atoms with E-state index in [9.17, 15) is 0 Å². The summed E-state index contributed by atoms with van der Waals surface area (Å²) in [7, 11) is 0. The quantitative estimate of drug-likeness (QED) is 0.770. The highest BCUT2D eigenvalue weighted by atomic mass is 35.5. The van der Waals surface area contributed by atoms with Gasteiger partial charge in [0.05, 0.1) is 30.3 Å². The molecule has 2 unspecified atom stereocenters. The van der Waals surface area contributed by atoms with E-state index >= 15 is 0 Å². The number of thiazole rings is 1. The molecule has 0 amide bonds. The minimum Gasteiger partial charge on any atom is -0.378 e. The maximum Gasteiger partial charge on any atom is 0.183 e. The molecule has 0 aromatic carbocycles. The van der Waals surface area contributed by atoms with Gasteiger partial charge in [-0.3, -0.25) is 0 Å². The minimum absolute atomic E-state index is 0.0595. The lowest BCUT2D eigenvalue weighted by Gasteiger charge is -2.12. The Labute approximate surface area is 86.1 Å². The number of rotatable bonds is 2. The lowest BCUT2D eigenvalue weighted by atomic mass is 10.3. The summed E-state index contributed by atoms with van der Waals surface area (Å²) in [6, 6.07) is 0.201. The standard InChI is InChI=1S/C8H11ClN2OS/c1-5-4-13-8(10-5)11-7-3-12-2-6(7)9/h4,6-7H,2-3H2,1H3,(H,10,11). The number of alkyl halides is 1. The molecule has 0 radical (unpaired) electrons. The molecule has 5 heteroatoms. The molecule has 3 nitrogen and oxygen atoms in total. The van der Waals surface area contributed by atoms with E-state index < -0.39 is 0 Å². The highest BCUT2D eigenvalue weighted by Gasteiger charge is 2.26. The smallest absolute Gasteiger partial charge is 0.183 e. The number of hydrogen-bond acceptors (Lipinski definition) is 4. The minimum atomic E-state index is 0.0595. The van der Waals surface area contributed by atoms with Crippen LogP contribution in [-0.2, 0) is 4.74 Å². The summed E-state index contributed by atoms with van der Waals surface area (Å²) in [5.41, 5.74) is 1.04. The average molecular weight is 219 g/mol. The number of anilines is 1. The molecule has 0 aliphatic carbocycles. The molecule has 0 spiro atoms. The zero-order chi connectivity index (χ0) is 9.26. The number of ether oxygens (including phenoxy) is 1. The van der Waals surface area contributed by atoms with Gasteiger partial charge in [-0.05, 0) is 6.92 Å². The summed E-state index contributed by atoms with van der Waals surface area (Å²) in [5.74, 6) is 0. The maximum atomic E-state index is 6.02. The fourth-order valence-electron chi connectivity index (χ4n) is 1.24. The van der Waals surface area contributed by atoms with Crippen LogP contribution in [-0.4, -0.2) is 29.6 Å². The van der Waals surface area contributed by atoms with Crippen molar-refractivity contribution in [3.63, 3.8) is 0 Å². The highest BCUT2D eigenvalue weighted by molar-refractivity contribution is 7.13. The Morgan fingerprint density at radius 3 is 3.08 bits per heavy atom. The number of aryl methyl sites for hydroxylation is 1. The molecule has 1 aromatic heterocycles. The normalized spacial score (nSPS) is 27.8. The second-order valence-corrected chi connectivity index (χ2v) is 4.52. The Morgan fingerprint density at radius 2 is 2.54 bits per heavy atom. The van der Waals surface area contributed by atoms with E-state index in [0.717, 1.165) is 10.8 Å². The molecular weight excluding hydrogens is 208 g/mol. The second kappa shape index (κ2) is 3.82. The topological polar surface area (TPSA) is 34.1 Å². The number of aromatic nitrogens is 1. The van der Waals surface area contributed by atoms with Crippen LogP contribution in [0.4, 0.5) is 5.13 Å². The van der Waals surface area contributed by atoms with Gasteiger partial charge >= 0.3 is 0 Å². The van der Waals surface area contributed by atoms with E-state index in [1.54, 1.807) is 11.3 Å². The van der Waals surface area contributed by atoms with Crippen LogP contribution < -0.4 is 5.32 Å². The Balaban J connectivity index is 1.97. The van der Waals surface area contributed by atoms with Crippen molar-refractivity contribution in [2.45, 2.75) is 18.3 Å². The van der Waals surface area contributed by atoms with E-state index in [0.29, 0.717) is 13.2 Å². The summed E-state index contributed by atoms with van der Waals surface area (Å²) in [6.45, 7) is 3.28. The SMILES string of the molecule is Cc1csc(NC2COCC2Cl)n1. The van der Waals surface area contributed by atoms with Crippen LogP contribution >= 0.6 is 22.9 Å². The van der Waals surface area contributed by atoms with Crippen LogP contribution in [0, 0.1) is 6.92 Å². The predicted molar refractivity (Wildman–Crippen MR) is 54.7 cm³/mol. The molecule has 1 N–H and O–H groups in total. The molecule has 13 heavy (non-hydrogen) atoms. The van der Waals surface area contributed by atoms with Gasteiger partial charge in [-0.25, -0.2) is 4.98 Å². The molecular formula is C8H11ClN2OS. The van der Waals surface area contributed by atoms with Crippen molar-refractivity contribution in [2.75, 3.05) is 18.5 Å². The lowest BCUT2D eigenvalue weighted by Crippen LogP contribution is -2.28. The molecule has 1 aromatic rings. The summed E-state index contributed by atoms with van der Waals surface area (Å²) >= 11 is 7.63. The fraction of sp³-hybridized carbons (Fsp3) is 0.625. The molecule has 2 rings (SSSR count). The number of hydrogen-bond donors (Lipinski definition) is 1. The van der Waals surface area contributed by atoms with Crippen molar-refractivity contribution in [1.29, 1.82) is 0 Å². The summed E-state index contributed by atoms with van der Waals surface area (Å²) < 4.78 is 5.23. The summed E-state index contributed by atoms with van der Waals surface area (Å²) in [5, 5.41) is 6.27. The molecule has 1 fully saturated rings. The largest absolute Gasteiger partial charge is 0.378 e. The van der Waals surface area contributed by atoms with E-state index in [1.165, 1.54) is 0 Å². The van der Waals surface area contributed by atoms with Crippen molar-refractivity contribution in [3.05, 3.63) is 11.1 Å². The van der Waals surface area contributed by atoms with Crippen LogP contribution in [0.5, 0.6) is 0 Å². The Bertz CT molecular complexity index is 291. The van der Waals surface area contributed by atoms with Crippen LogP contribution in [0.25, 0.3) is 0 Å². The Morgan fingerprint density at radius 1 is 1.69 bits per heavy atom. The van der Waals surface area contributed by atoms with Gasteiger partial charge in [0.2, 0.25) is 0 Å². The fourth-order valence-corrected chi connectivity index (χ4v) is 2.21. The van der Waals surface area contributed by atoms with Gasteiger partial charge in [-0.1, -0.05) is 0 Å². The summed E-state index contributed by atoms with van der Waals surface area (Å²) in [6.07, 6.45) is 0. The number of nitrogens with zero attached hydrogens (tertiary/aromatic N) is 1. The zero-order valence-electron chi connectivity index (χ0n) is 7.29. The van der Waals surface area contributed by atoms with Gasteiger partial charge in [0.1, 0.15) is 0 Å². The van der Waals surface area contributed by atoms with Crippen LogP contribution in [0.2, 0.25) is 0 Å². The lowest BCUT2D eigenvalue weighted by molar-refractivity contribution is 0.196. The number of halogens is 1. The van der Waals surface area contributed by atoms with Gasteiger partial charge in [-0.15, -0.1) is 22.9 Å². The molecule has 1 saturated heterocycles. The second-order valence-electron chi connectivity index (χ2n) is 3.10. The van der Waals surface area contributed by atoms with Crippen molar-refractivity contribution in [1.82, 2.24) is 4.98 Å². The van der Waals surface area contributed by atoms with Gasteiger partial charge < -0.3 is 10.1 Å². The molecule has 2 atom stereocenters. The third-order valence-electron chi connectivity index (χ3n) is 1.94. The van der Waals surface area contributed by atoms with E-state index in [-0.39, 0.29) is 11.4 Å². The van der Waals surface area contributed by atoms with E-state index in [2.05, 4.69) is 10.3 Å². The maximum absolute atomic E-state index is 6.02. The van der Waals surface area contributed by atoms with Crippen molar-refractivity contribution >= 4 is 28.1 Å². The van der Waals surface area contributed by atoms with Crippen molar-refractivity contribution in [3.8, 4) is 0 Å². The summed E-state index contributed by atoms with van der Waals surface area (Å²) in [4.78, 5) is 4.30. The molecule has 2 heterocycles. The molecule has 1 aliphatic heterocycles. The number of nitrogens with one attached hydrogen (secondary N) is 1. The third-order valence-corrected chi connectivity index (χ3v) is 3.26. The van der Waals surface area contributed by atoms with Gasteiger partial charge in [0.15, 0.2) is 5.13 Å². The molecule has 0 saturated carbocycles. The van der Waals surface area contributed by atoms with Crippen molar-refractivity contribution in [2.24, 2.45) is 0 Å². The van der Waals surface area contributed by atoms with Crippen LogP contribution in [0.3, 0.4) is 0 Å². The first-order valence-corrected chi connectivity index (χ1v) is 5.48. The first-order chi connectivity index (χ1) is 6.25. The highest BCUT2D eigenvalue weighted by Crippen LogP contribution is 2.20. The van der Waals surface area contributed by atoms with Gasteiger partial charge in [-0.2, -0.15) is 0 Å². The molecule has 72 valence electrons. The Kier molecular flexibility index (Phi) is 2.71. The van der Waals surface area contributed by atoms with Gasteiger partial charge in [0.25, 0.3) is 0 Å². The monoisotopic (exact) mass is 218 g/mol. The van der Waals surface area contributed by atoms with E-state index in [4.69, 9.17) is 16.3 Å². The third kappa shape index (κ3) is 2.13. The zero-order valence-corrected chi connectivity index (χ0v) is 8.86. The molecule has 1 aliphatic rings. The van der Waals surface area contributed by atoms with Crippen molar-refractivity contribution < 1.29 is 4.74 Å². The first kappa shape index (κ1) is 9.24. The van der Waals surface area contributed by atoms with Gasteiger partial charge in [0, 0.05) is 5.38 Å². The van der Waals surface area contributed by atoms with Crippen LogP contribution in [0.1, 0.15) is 5.69 Å². The average Bonchev–Trinajstić information content (AvgIpc) is 2.64. The molecule has 0 bridgehead atoms. The van der Waals surface area contributed by atoms with E-state index in [1.807, 2.05) is 12.3 Å².